The molecule has 0 aliphatic heterocycles. The summed E-state index contributed by atoms with van der Waals surface area (Å²) in [5.74, 6) is 1.02. The fraction of sp³-hybridized carbons (Fsp3) is 0.188. The first-order valence-corrected chi connectivity index (χ1v) is 7.20. The molecule has 0 amide bonds. The molecule has 96 valence electrons. The molecule has 19 heavy (non-hydrogen) atoms. The van der Waals surface area contributed by atoms with Crippen LogP contribution < -0.4 is 5.32 Å². The number of hydrogen-bond donors (Lipinski definition) is 1. The van der Waals surface area contributed by atoms with E-state index < -0.39 is 0 Å². The normalized spacial score (nSPS) is 9.89. The van der Waals surface area contributed by atoms with Crippen molar-refractivity contribution >= 4 is 17.4 Å². The zero-order valence-corrected chi connectivity index (χ0v) is 11.7. The van der Waals surface area contributed by atoms with E-state index in [9.17, 15) is 0 Å². The molecule has 0 unspecified atom stereocenters. The predicted octanol–water partition coefficient (Wildman–Crippen LogP) is 4.07. The summed E-state index contributed by atoms with van der Waals surface area (Å²) < 4.78 is 0. The number of benzene rings is 2. The minimum Gasteiger partial charge on any atom is -0.384 e. The number of anilines is 1. The number of rotatable bonds is 5. The van der Waals surface area contributed by atoms with Crippen LogP contribution in [0.5, 0.6) is 0 Å². The van der Waals surface area contributed by atoms with Crippen LogP contribution in [0.4, 0.5) is 5.69 Å². The zero-order chi connectivity index (χ0) is 13.5. The SMILES string of the molecule is Cc1cc(C#N)ccc1NCCSc1ccccc1. The van der Waals surface area contributed by atoms with Crippen LogP contribution in [0.2, 0.25) is 0 Å². The van der Waals surface area contributed by atoms with Gasteiger partial charge in [-0.15, -0.1) is 11.8 Å². The molecule has 2 rings (SSSR count). The fourth-order valence-corrected chi connectivity index (χ4v) is 2.59. The first-order chi connectivity index (χ1) is 9.29. The molecule has 0 saturated heterocycles. The van der Waals surface area contributed by atoms with Crippen molar-refractivity contribution in [3.63, 3.8) is 0 Å². The van der Waals surface area contributed by atoms with E-state index in [2.05, 4.69) is 35.7 Å². The number of thioether (sulfide) groups is 1. The summed E-state index contributed by atoms with van der Waals surface area (Å²) in [5, 5.41) is 12.2. The van der Waals surface area contributed by atoms with Crippen LogP contribution in [0.3, 0.4) is 0 Å². The quantitative estimate of drug-likeness (QED) is 0.656. The van der Waals surface area contributed by atoms with Crippen molar-refractivity contribution in [2.75, 3.05) is 17.6 Å². The van der Waals surface area contributed by atoms with Gasteiger partial charge in [0.2, 0.25) is 0 Å². The highest BCUT2D eigenvalue weighted by atomic mass is 32.2. The van der Waals surface area contributed by atoms with Gasteiger partial charge in [-0.1, -0.05) is 18.2 Å². The summed E-state index contributed by atoms with van der Waals surface area (Å²) in [6, 6.07) is 18.3. The molecule has 2 aromatic carbocycles. The van der Waals surface area contributed by atoms with Crippen LogP contribution in [0.25, 0.3) is 0 Å². The number of nitrogens with one attached hydrogen (secondary N) is 1. The standard InChI is InChI=1S/C16H16N2S/c1-13-11-14(12-17)7-8-16(13)18-9-10-19-15-5-3-2-4-6-15/h2-8,11,18H,9-10H2,1H3. The van der Waals surface area contributed by atoms with Crippen molar-refractivity contribution in [1.82, 2.24) is 0 Å². The Balaban J connectivity index is 1.82. The zero-order valence-electron chi connectivity index (χ0n) is 10.9. The van der Waals surface area contributed by atoms with E-state index in [1.165, 1.54) is 4.90 Å². The number of nitrogens with zero attached hydrogens (tertiary/aromatic N) is 1. The second kappa shape index (κ2) is 6.86. The molecular formula is C16H16N2S. The summed E-state index contributed by atoms with van der Waals surface area (Å²) >= 11 is 1.84. The second-order valence-corrected chi connectivity index (χ2v) is 5.40. The van der Waals surface area contributed by atoms with Crippen molar-refractivity contribution < 1.29 is 0 Å². The summed E-state index contributed by atoms with van der Waals surface area (Å²) in [6.45, 7) is 2.93. The molecule has 0 fully saturated rings. The number of nitriles is 1. The molecule has 1 N–H and O–H groups in total. The van der Waals surface area contributed by atoms with Crippen LogP contribution >= 0.6 is 11.8 Å². The van der Waals surface area contributed by atoms with Gasteiger partial charge in [-0.25, -0.2) is 0 Å². The van der Waals surface area contributed by atoms with Gasteiger partial charge in [0.05, 0.1) is 11.6 Å². The van der Waals surface area contributed by atoms with Gasteiger partial charge in [0.15, 0.2) is 0 Å². The average Bonchev–Trinajstić information content (AvgIpc) is 2.46. The summed E-state index contributed by atoms with van der Waals surface area (Å²) in [6.07, 6.45) is 0. The average molecular weight is 268 g/mol. The van der Waals surface area contributed by atoms with Gasteiger partial charge < -0.3 is 5.32 Å². The first kappa shape index (κ1) is 13.5. The van der Waals surface area contributed by atoms with Gasteiger partial charge in [0, 0.05) is 22.9 Å². The molecule has 0 spiro atoms. The lowest BCUT2D eigenvalue weighted by Gasteiger charge is -2.09. The summed E-state index contributed by atoms with van der Waals surface area (Å²) in [4.78, 5) is 1.29. The van der Waals surface area contributed by atoms with Crippen LogP contribution in [0.1, 0.15) is 11.1 Å². The molecule has 0 saturated carbocycles. The van der Waals surface area contributed by atoms with Crippen molar-refractivity contribution in [1.29, 1.82) is 5.26 Å². The third kappa shape index (κ3) is 4.04. The third-order valence-electron chi connectivity index (χ3n) is 2.78. The fourth-order valence-electron chi connectivity index (χ4n) is 1.80. The Morgan fingerprint density at radius 1 is 1.16 bits per heavy atom. The molecule has 0 aliphatic rings. The van der Waals surface area contributed by atoms with Gasteiger partial charge in [0.25, 0.3) is 0 Å². The Bertz CT molecular complexity index is 573. The maximum atomic E-state index is 8.82. The Morgan fingerprint density at radius 2 is 1.95 bits per heavy atom. The largest absolute Gasteiger partial charge is 0.384 e. The number of hydrogen-bond acceptors (Lipinski definition) is 3. The first-order valence-electron chi connectivity index (χ1n) is 6.22. The predicted molar refractivity (Wildman–Crippen MR) is 81.5 cm³/mol. The molecule has 0 radical (unpaired) electrons. The van der Waals surface area contributed by atoms with Gasteiger partial charge in [0.1, 0.15) is 0 Å². The Morgan fingerprint density at radius 3 is 2.63 bits per heavy atom. The Hall–Kier alpha value is -1.92. The van der Waals surface area contributed by atoms with E-state index in [1.807, 2.05) is 43.0 Å². The van der Waals surface area contributed by atoms with E-state index in [4.69, 9.17) is 5.26 Å². The van der Waals surface area contributed by atoms with Crippen molar-refractivity contribution in [2.45, 2.75) is 11.8 Å². The van der Waals surface area contributed by atoms with E-state index in [0.29, 0.717) is 5.56 Å². The van der Waals surface area contributed by atoms with E-state index in [1.54, 1.807) is 0 Å². The highest BCUT2D eigenvalue weighted by Gasteiger charge is 1.99. The highest BCUT2D eigenvalue weighted by molar-refractivity contribution is 7.99. The van der Waals surface area contributed by atoms with Gasteiger partial charge in [-0.3, -0.25) is 0 Å². The van der Waals surface area contributed by atoms with Crippen molar-refractivity contribution in [3.8, 4) is 6.07 Å². The molecule has 0 aliphatic carbocycles. The van der Waals surface area contributed by atoms with E-state index >= 15 is 0 Å². The third-order valence-corrected chi connectivity index (χ3v) is 3.80. The second-order valence-electron chi connectivity index (χ2n) is 4.23. The van der Waals surface area contributed by atoms with Crippen LogP contribution in [-0.4, -0.2) is 12.3 Å². The van der Waals surface area contributed by atoms with Crippen molar-refractivity contribution in [2.24, 2.45) is 0 Å². The maximum Gasteiger partial charge on any atom is 0.0991 e. The van der Waals surface area contributed by atoms with E-state index in [-0.39, 0.29) is 0 Å². The monoisotopic (exact) mass is 268 g/mol. The van der Waals surface area contributed by atoms with Gasteiger partial charge in [-0.2, -0.15) is 5.26 Å². The summed E-state index contributed by atoms with van der Waals surface area (Å²) in [7, 11) is 0. The van der Waals surface area contributed by atoms with Crippen molar-refractivity contribution in [3.05, 3.63) is 59.7 Å². The minimum atomic E-state index is 0.710. The Kier molecular flexibility index (Phi) is 4.88. The maximum absolute atomic E-state index is 8.82. The highest BCUT2D eigenvalue weighted by Crippen LogP contribution is 2.18. The smallest absolute Gasteiger partial charge is 0.0991 e. The van der Waals surface area contributed by atoms with Gasteiger partial charge >= 0.3 is 0 Å². The summed E-state index contributed by atoms with van der Waals surface area (Å²) in [5.41, 5.74) is 2.93. The molecule has 0 bridgehead atoms. The molecule has 0 aromatic heterocycles. The number of aryl methyl sites for hydroxylation is 1. The lowest BCUT2D eigenvalue weighted by atomic mass is 10.1. The Labute approximate surface area is 118 Å². The molecule has 0 atom stereocenters. The van der Waals surface area contributed by atoms with Gasteiger partial charge in [-0.05, 0) is 42.8 Å². The van der Waals surface area contributed by atoms with Crippen LogP contribution in [0.15, 0.2) is 53.4 Å². The molecular weight excluding hydrogens is 252 g/mol. The van der Waals surface area contributed by atoms with Crippen LogP contribution in [-0.2, 0) is 0 Å². The molecule has 0 heterocycles. The van der Waals surface area contributed by atoms with Crippen LogP contribution in [0, 0.1) is 18.3 Å². The molecule has 3 heteroatoms. The van der Waals surface area contributed by atoms with E-state index in [0.717, 1.165) is 23.5 Å². The lowest BCUT2D eigenvalue weighted by Crippen LogP contribution is -2.05. The molecule has 2 nitrogen and oxygen atoms in total. The molecule has 2 aromatic rings. The minimum absolute atomic E-state index is 0.710. The topological polar surface area (TPSA) is 35.8 Å². The lowest BCUT2D eigenvalue weighted by molar-refractivity contribution is 1.21.